The molecule has 3 aromatic rings. The normalized spacial score (nSPS) is 10.9. The molecule has 0 saturated heterocycles. The van der Waals surface area contributed by atoms with Crippen LogP contribution < -0.4 is 10.5 Å². The Morgan fingerprint density at radius 3 is 2.31 bits per heavy atom. The largest absolute Gasteiger partial charge is 0.492 e. The van der Waals surface area contributed by atoms with Crippen LogP contribution in [0.25, 0.3) is 11.6 Å². The lowest BCUT2D eigenvalue weighted by Crippen LogP contribution is -2.06. The van der Waals surface area contributed by atoms with Gasteiger partial charge in [0.15, 0.2) is 0 Å². The molecule has 0 amide bonds. The Labute approximate surface area is 159 Å². The summed E-state index contributed by atoms with van der Waals surface area (Å²) < 4.78 is 5.73. The molecule has 3 rings (SSSR count). The summed E-state index contributed by atoms with van der Waals surface area (Å²) in [5.41, 5.74) is 9.67. The molecule has 0 bridgehead atoms. The van der Waals surface area contributed by atoms with Crippen LogP contribution in [0.15, 0.2) is 67.5 Å². The van der Waals surface area contributed by atoms with Crippen LogP contribution in [0.3, 0.4) is 0 Å². The zero-order chi connectivity index (χ0) is 17.3. The standard InChI is InChI=1S/C20H20N4O.ClH/c21-6-1-11-25-19-13-18(14-24-15-19)20(17-4-9-23-10-5-17)12-16-2-7-22-8-3-16;/h2-5,7-10,12-15H,1,6,11,21H2;1H. The molecular weight excluding hydrogens is 348 g/mol. The fourth-order valence-electron chi connectivity index (χ4n) is 2.41. The van der Waals surface area contributed by atoms with E-state index in [9.17, 15) is 0 Å². The van der Waals surface area contributed by atoms with Gasteiger partial charge >= 0.3 is 0 Å². The van der Waals surface area contributed by atoms with Crippen LogP contribution in [0.2, 0.25) is 0 Å². The number of hydrogen-bond acceptors (Lipinski definition) is 5. The van der Waals surface area contributed by atoms with Gasteiger partial charge in [-0.15, -0.1) is 12.4 Å². The van der Waals surface area contributed by atoms with Gasteiger partial charge in [0.05, 0.1) is 12.8 Å². The monoisotopic (exact) mass is 368 g/mol. The van der Waals surface area contributed by atoms with E-state index >= 15 is 0 Å². The van der Waals surface area contributed by atoms with Crippen molar-refractivity contribution in [2.24, 2.45) is 5.73 Å². The zero-order valence-electron chi connectivity index (χ0n) is 14.3. The van der Waals surface area contributed by atoms with Gasteiger partial charge in [-0.25, -0.2) is 0 Å². The molecule has 6 heteroatoms. The first-order valence-electron chi connectivity index (χ1n) is 8.17. The van der Waals surface area contributed by atoms with Gasteiger partial charge in [-0.3, -0.25) is 15.0 Å². The van der Waals surface area contributed by atoms with E-state index in [-0.39, 0.29) is 12.4 Å². The molecule has 5 nitrogen and oxygen atoms in total. The molecule has 0 aliphatic rings. The van der Waals surface area contributed by atoms with Crippen molar-refractivity contribution in [2.45, 2.75) is 6.42 Å². The third-order valence-electron chi connectivity index (χ3n) is 3.65. The lowest BCUT2D eigenvalue weighted by atomic mass is 9.98. The van der Waals surface area contributed by atoms with Crippen molar-refractivity contribution in [1.29, 1.82) is 0 Å². The minimum atomic E-state index is 0. The third kappa shape index (κ3) is 5.37. The highest BCUT2D eigenvalue weighted by molar-refractivity contribution is 5.91. The molecule has 0 unspecified atom stereocenters. The molecule has 0 fully saturated rings. The van der Waals surface area contributed by atoms with Gasteiger partial charge in [-0.05, 0) is 66.1 Å². The number of halogens is 1. The quantitative estimate of drug-likeness (QED) is 0.645. The van der Waals surface area contributed by atoms with Crippen LogP contribution in [0.4, 0.5) is 0 Å². The first kappa shape index (κ1) is 19.6. The number of nitrogens with zero attached hydrogens (tertiary/aromatic N) is 3. The molecule has 0 aromatic carbocycles. The van der Waals surface area contributed by atoms with Gasteiger partial charge in [0.1, 0.15) is 5.75 Å². The van der Waals surface area contributed by atoms with Crippen molar-refractivity contribution in [2.75, 3.05) is 13.2 Å². The molecule has 0 spiro atoms. The highest BCUT2D eigenvalue weighted by Gasteiger charge is 2.08. The van der Waals surface area contributed by atoms with Crippen LogP contribution >= 0.6 is 12.4 Å². The Bertz CT molecular complexity index is 825. The van der Waals surface area contributed by atoms with Gasteiger partial charge in [-0.1, -0.05) is 0 Å². The van der Waals surface area contributed by atoms with Crippen molar-refractivity contribution >= 4 is 24.1 Å². The van der Waals surface area contributed by atoms with E-state index in [4.69, 9.17) is 10.5 Å². The smallest absolute Gasteiger partial charge is 0.138 e. The van der Waals surface area contributed by atoms with E-state index in [1.807, 2.05) is 36.5 Å². The first-order chi connectivity index (χ1) is 12.4. The molecule has 0 aliphatic carbocycles. The number of nitrogens with two attached hydrogens (primary N) is 1. The molecule has 0 radical (unpaired) electrons. The Balaban J connectivity index is 0.00000243. The highest BCUT2D eigenvalue weighted by Crippen LogP contribution is 2.27. The van der Waals surface area contributed by atoms with Crippen LogP contribution in [-0.4, -0.2) is 28.1 Å². The Morgan fingerprint density at radius 1 is 0.923 bits per heavy atom. The molecule has 0 aliphatic heterocycles. The summed E-state index contributed by atoms with van der Waals surface area (Å²) in [4.78, 5) is 12.5. The van der Waals surface area contributed by atoms with Gasteiger partial charge < -0.3 is 10.5 Å². The summed E-state index contributed by atoms with van der Waals surface area (Å²) in [6.07, 6.45) is 13.6. The minimum Gasteiger partial charge on any atom is -0.492 e. The van der Waals surface area contributed by atoms with E-state index in [1.165, 1.54) is 0 Å². The maximum Gasteiger partial charge on any atom is 0.138 e. The van der Waals surface area contributed by atoms with Gasteiger partial charge in [0.25, 0.3) is 0 Å². The van der Waals surface area contributed by atoms with Crippen molar-refractivity contribution in [3.63, 3.8) is 0 Å². The predicted octanol–water partition coefficient (Wildman–Crippen LogP) is 3.61. The average molecular weight is 369 g/mol. The maximum absolute atomic E-state index is 5.73. The molecule has 3 heterocycles. The summed E-state index contributed by atoms with van der Waals surface area (Å²) in [6.45, 7) is 1.19. The zero-order valence-corrected chi connectivity index (χ0v) is 15.1. The van der Waals surface area contributed by atoms with E-state index in [0.29, 0.717) is 13.2 Å². The number of rotatable bonds is 7. The fraction of sp³-hybridized carbons (Fsp3) is 0.150. The maximum atomic E-state index is 5.73. The molecule has 0 atom stereocenters. The van der Waals surface area contributed by atoms with Crippen molar-refractivity contribution in [3.8, 4) is 5.75 Å². The van der Waals surface area contributed by atoms with Gasteiger partial charge in [0, 0.05) is 36.5 Å². The number of pyridine rings is 3. The van der Waals surface area contributed by atoms with Crippen LogP contribution in [0, 0.1) is 0 Å². The summed E-state index contributed by atoms with van der Waals surface area (Å²) in [5.74, 6) is 0.737. The van der Waals surface area contributed by atoms with Crippen LogP contribution in [-0.2, 0) is 0 Å². The summed E-state index contributed by atoms with van der Waals surface area (Å²) in [5, 5.41) is 0. The SMILES string of the molecule is Cl.NCCCOc1cncc(C(=Cc2ccncc2)c2ccncc2)c1. The second-order valence-electron chi connectivity index (χ2n) is 5.47. The van der Waals surface area contributed by atoms with Crippen molar-refractivity contribution < 1.29 is 4.74 Å². The summed E-state index contributed by atoms with van der Waals surface area (Å²) in [6, 6.07) is 9.90. The number of hydrogen-bond donors (Lipinski definition) is 1. The van der Waals surface area contributed by atoms with Crippen molar-refractivity contribution in [3.05, 3.63) is 84.2 Å². The third-order valence-corrected chi connectivity index (χ3v) is 3.65. The Kier molecular flexibility index (Phi) is 7.74. The summed E-state index contributed by atoms with van der Waals surface area (Å²) >= 11 is 0. The fourth-order valence-corrected chi connectivity index (χ4v) is 2.41. The molecule has 2 N–H and O–H groups in total. The Hall–Kier alpha value is -2.76. The van der Waals surface area contributed by atoms with Crippen LogP contribution in [0.1, 0.15) is 23.1 Å². The topological polar surface area (TPSA) is 73.9 Å². The van der Waals surface area contributed by atoms with E-state index < -0.39 is 0 Å². The molecular formula is C20H21ClN4O. The van der Waals surface area contributed by atoms with E-state index in [0.717, 1.165) is 34.4 Å². The molecule has 0 saturated carbocycles. The van der Waals surface area contributed by atoms with Crippen molar-refractivity contribution in [1.82, 2.24) is 15.0 Å². The first-order valence-corrected chi connectivity index (χ1v) is 8.17. The highest BCUT2D eigenvalue weighted by atomic mass is 35.5. The number of ether oxygens (including phenoxy) is 1. The van der Waals surface area contributed by atoms with E-state index in [1.54, 1.807) is 31.0 Å². The minimum absolute atomic E-state index is 0. The van der Waals surface area contributed by atoms with E-state index in [2.05, 4.69) is 21.0 Å². The lowest BCUT2D eigenvalue weighted by molar-refractivity contribution is 0.312. The predicted molar refractivity (Wildman–Crippen MR) is 106 cm³/mol. The molecule has 134 valence electrons. The van der Waals surface area contributed by atoms with Crippen LogP contribution in [0.5, 0.6) is 5.75 Å². The summed E-state index contributed by atoms with van der Waals surface area (Å²) in [7, 11) is 0. The second kappa shape index (κ2) is 10.3. The molecule has 3 aromatic heterocycles. The lowest BCUT2D eigenvalue weighted by Gasteiger charge is -2.11. The Morgan fingerprint density at radius 2 is 1.62 bits per heavy atom. The van der Waals surface area contributed by atoms with Gasteiger partial charge in [0.2, 0.25) is 0 Å². The number of aromatic nitrogens is 3. The average Bonchev–Trinajstić information content (AvgIpc) is 2.68. The second-order valence-corrected chi connectivity index (χ2v) is 5.47. The molecule has 26 heavy (non-hydrogen) atoms. The van der Waals surface area contributed by atoms with Gasteiger partial charge in [-0.2, -0.15) is 0 Å².